The summed E-state index contributed by atoms with van der Waals surface area (Å²) in [5.41, 5.74) is 1.53. The molecule has 5 rings (SSSR count). The summed E-state index contributed by atoms with van der Waals surface area (Å²) < 4.78 is 0. The number of nitrogens with zero attached hydrogens (tertiary/aromatic N) is 3. The van der Waals surface area contributed by atoms with Gasteiger partial charge in [0.2, 0.25) is 11.8 Å². The van der Waals surface area contributed by atoms with Crippen LogP contribution in [0.4, 0.5) is 5.69 Å². The monoisotopic (exact) mass is 341 g/mol. The van der Waals surface area contributed by atoms with Gasteiger partial charge in [-0.15, -0.1) is 0 Å². The van der Waals surface area contributed by atoms with Crippen molar-refractivity contribution < 1.29 is 19.3 Å². The van der Waals surface area contributed by atoms with Crippen LogP contribution in [-0.4, -0.2) is 40.5 Å². The SMILES string of the molecule is CN1C(=O)[C@@H]2[C@H]3C[C@H]([C@H]4ON=C(c5ccc([N+](=O)[O-])cc5)[C@H]34)[C@@H]2C1=O. The number of hydrogen-bond donors (Lipinski definition) is 0. The van der Waals surface area contributed by atoms with Crippen LogP contribution in [0, 0.1) is 39.7 Å². The molecule has 0 aromatic heterocycles. The van der Waals surface area contributed by atoms with Gasteiger partial charge in [0.1, 0.15) is 6.10 Å². The Morgan fingerprint density at radius 1 is 1.12 bits per heavy atom. The molecule has 2 aliphatic carbocycles. The molecule has 8 nitrogen and oxygen atoms in total. The van der Waals surface area contributed by atoms with Crippen LogP contribution in [0.2, 0.25) is 0 Å². The summed E-state index contributed by atoms with van der Waals surface area (Å²) in [4.78, 5) is 42.1. The number of carbonyl (C=O) groups is 2. The third kappa shape index (κ3) is 1.69. The minimum absolute atomic E-state index is 0.0145. The largest absolute Gasteiger partial charge is 0.391 e. The summed E-state index contributed by atoms with van der Waals surface area (Å²) in [6.07, 6.45) is 0.613. The van der Waals surface area contributed by atoms with Crippen molar-refractivity contribution in [3.63, 3.8) is 0 Å². The number of benzene rings is 1. The number of nitro groups is 1. The zero-order valence-electron chi connectivity index (χ0n) is 13.4. The van der Waals surface area contributed by atoms with Gasteiger partial charge in [-0.2, -0.15) is 0 Å². The Labute approximate surface area is 142 Å². The van der Waals surface area contributed by atoms with Crippen LogP contribution >= 0.6 is 0 Å². The maximum Gasteiger partial charge on any atom is 0.269 e. The number of hydrogen-bond acceptors (Lipinski definition) is 6. The summed E-state index contributed by atoms with van der Waals surface area (Å²) in [5.74, 6) is -0.748. The molecule has 3 fully saturated rings. The van der Waals surface area contributed by atoms with Gasteiger partial charge in [0.15, 0.2) is 0 Å². The molecule has 2 aliphatic heterocycles. The predicted molar refractivity (Wildman–Crippen MR) is 84.4 cm³/mol. The van der Waals surface area contributed by atoms with Crippen LogP contribution in [0.1, 0.15) is 12.0 Å². The lowest BCUT2D eigenvalue weighted by molar-refractivity contribution is -0.384. The van der Waals surface area contributed by atoms with E-state index in [4.69, 9.17) is 4.84 Å². The minimum atomic E-state index is -0.444. The highest BCUT2D eigenvalue weighted by molar-refractivity contribution is 6.08. The molecule has 0 unspecified atom stereocenters. The molecule has 1 saturated heterocycles. The van der Waals surface area contributed by atoms with Crippen LogP contribution < -0.4 is 0 Å². The zero-order valence-corrected chi connectivity index (χ0v) is 13.4. The lowest BCUT2D eigenvalue weighted by atomic mass is 9.71. The van der Waals surface area contributed by atoms with Crippen LogP contribution in [0.25, 0.3) is 0 Å². The van der Waals surface area contributed by atoms with E-state index in [2.05, 4.69) is 5.16 Å². The third-order valence-electron chi connectivity index (χ3n) is 6.28. The number of fused-ring (bicyclic) bond motifs is 8. The third-order valence-corrected chi connectivity index (χ3v) is 6.28. The Balaban J connectivity index is 1.49. The molecule has 1 aromatic rings. The quantitative estimate of drug-likeness (QED) is 0.457. The second-order valence-corrected chi connectivity index (χ2v) is 7.23. The van der Waals surface area contributed by atoms with Crippen LogP contribution in [0.3, 0.4) is 0 Å². The Kier molecular flexibility index (Phi) is 2.71. The first kappa shape index (κ1) is 14.6. The van der Waals surface area contributed by atoms with Crippen molar-refractivity contribution in [2.75, 3.05) is 7.05 Å². The fourth-order valence-corrected chi connectivity index (χ4v) is 5.27. The smallest absolute Gasteiger partial charge is 0.269 e. The van der Waals surface area contributed by atoms with Crippen LogP contribution in [0.5, 0.6) is 0 Å². The Morgan fingerprint density at radius 3 is 2.40 bits per heavy atom. The van der Waals surface area contributed by atoms with Gasteiger partial charge in [-0.3, -0.25) is 24.6 Å². The van der Waals surface area contributed by atoms with E-state index in [1.807, 2.05) is 0 Å². The fourth-order valence-electron chi connectivity index (χ4n) is 5.27. The molecule has 2 heterocycles. The lowest BCUT2D eigenvalue weighted by Crippen LogP contribution is -2.41. The van der Waals surface area contributed by atoms with E-state index >= 15 is 0 Å². The first-order valence-electron chi connectivity index (χ1n) is 8.29. The second kappa shape index (κ2) is 4.65. The Bertz CT molecular complexity index is 848. The standard InChI is InChI=1S/C17H15N3O5/c1-19-16(21)11-9-6-10(12(11)17(19)22)15-13(9)14(18-25-15)7-2-4-8(5-3-7)20(23)24/h2-5,9-13,15H,6H2,1H3/t9-,10+,11-,12+,13+,15-/m1/s1. The van der Waals surface area contributed by atoms with Crippen molar-refractivity contribution in [1.82, 2.24) is 4.90 Å². The second-order valence-electron chi connectivity index (χ2n) is 7.23. The van der Waals surface area contributed by atoms with Gasteiger partial charge >= 0.3 is 0 Å². The zero-order chi connectivity index (χ0) is 17.5. The Hall–Kier alpha value is -2.77. The molecule has 1 aromatic carbocycles. The molecule has 0 radical (unpaired) electrons. The summed E-state index contributed by atoms with van der Waals surface area (Å²) in [6.45, 7) is 0. The molecule has 2 amide bonds. The molecule has 0 N–H and O–H groups in total. The number of likely N-dealkylation sites (tertiary alicyclic amines) is 1. The highest BCUT2D eigenvalue weighted by Gasteiger charge is 2.69. The van der Waals surface area contributed by atoms with Crippen molar-refractivity contribution in [2.24, 2.45) is 34.7 Å². The molecule has 0 spiro atoms. The number of nitro benzene ring substituents is 1. The number of imide groups is 1. The van der Waals surface area contributed by atoms with Gasteiger partial charge in [-0.05, 0) is 24.5 Å². The van der Waals surface area contributed by atoms with Gasteiger partial charge in [0.05, 0.1) is 22.5 Å². The number of oxime groups is 1. The number of carbonyl (C=O) groups excluding carboxylic acids is 2. The van der Waals surface area contributed by atoms with Gasteiger partial charge in [-0.25, -0.2) is 0 Å². The van der Waals surface area contributed by atoms with Crippen molar-refractivity contribution in [3.05, 3.63) is 39.9 Å². The van der Waals surface area contributed by atoms with Gasteiger partial charge in [-0.1, -0.05) is 5.16 Å². The van der Waals surface area contributed by atoms with Crippen LogP contribution in [-0.2, 0) is 14.4 Å². The maximum atomic E-state index is 12.5. The van der Waals surface area contributed by atoms with E-state index in [0.717, 1.165) is 17.7 Å². The van der Waals surface area contributed by atoms with E-state index in [-0.39, 0.29) is 53.2 Å². The average Bonchev–Trinajstić information content (AvgIpc) is 3.33. The van der Waals surface area contributed by atoms with Crippen LogP contribution in [0.15, 0.2) is 29.4 Å². The number of non-ortho nitro benzene ring substituents is 1. The lowest BCUT2D eigenvalue weighted by Gasteiger charge is -2.29. The van der Waals surface area contributed by atoms with E-state index < -0.39 is 4.92 Å². The van der Waals surface area contributed by atoms with E-state index in [1.165, 1.54) is 17.0 Å². The summed E-state index contributed by atoms with van der Waals surface area (Å²) in [6, 6.07) is 6.22. The number of rotatable bonds is 2. The average molecular weight is 341 g/mol. The van der Waals surface area contributed by atoms with Crippen molar-refractivity contribution >= 4 is 23.2 Å². The number of amides is 2. The summed E-state index contributed by atoms with van der Waals surface area (Å²) in [5, 5.41) is 15.0. The molecule has 128 valence electrons. The van der Waals surface area contributed by atoms with Gasteiger partial charge in [0.25, 0.3) is 5.69 Å². The molecule has 2 saturated carbocycles. The first-order valence-corrected chi connectivity index (χ1v) is 8.29. The summed E-state index contributed by atoms with van der Waals surface area (Å²) in [7, 11) is 1.55. The highest BCUT2D eigenvalue weighted by Crippen LogP contribution is 2.61. The summed E-state index contributed by atoms with van der Waals surface area (Å²) >= 11 is 0. The molecular weight excluding hydrogens is 326 g/mol. The van der Waals surface area contributed by atoms with Crippen molar-refractivity contribution in [1.29, 1.82) is 0 Å². The van der Waals surface area contributed by atoms with E-state index in [1.54, 1.807) is 19.2 Å². The highest BCUT2D eigenvalue weighted by atomic mass is 16.6. The van der Waals surface area contributed by atoms with E-state index in [9.17, 15) is 19.7 Å². The predicted octanol–water partition coefficient (Wildman–Crippen LogP) is 1.19. The first-order chi connectivity index (χ1) is 12.0. The molecule has 4 aliphatic rings. The molecule has 6 atom stereocenters. The van der Waals surface area contributed by atoms with E-state index in [0.29, 0.717) is 0 Å². The molecule has 2 bridgehead atoms. The van der Waals surface area contributed by atoms with Gasteiger partial charge in [0, 0.05) is 36.6 Å². The van der Waals surface area contributed by atoms with Gasteiger partial charge < -0.3 is 4.84 Å². The fraction of sp³-hybridized carbons (Fsp3) is 0.471. The van der Waals surface area contributed by atoms with Crippen molar-refractivity contribution in [2.45, 2.75) is 12.5 Å². The Morgan fingerprint density at radius 2 is 1.76 bits per heavy atom. The van der Waals surface area contributed by atoms with Crippen molar-refractivity contribution in [3.8, 4) is 0 Å². The topological polar surface area (TPSA) is 102 Å². The maximum absolute atomic E-state index is 12.5. The minimum Gasteiger partial charge on any atom is -0.391 e. The molecule has 8 heteroatoms. The molecule has 25 heavy (non-hydrogen) atoms. The molecular formula is C17H15N3O5. The normalized spacial score (nSPS) is 37.8.